The van der Waals surface area contributed by atoms with Crippen LogP contribution in [-0.4, -0.2) is 20.0 Å². The van der Waals surface area contributed by atoms with Gasteiger partial charge in [-0.25, -0.2) is 4.98 Å². The molecule has 1 unspecified atom stereocenters. The second-order valence-corrected chi connectivity index (χ2v) is 5.10. The van der Waals surface area contributed by atoms with Crippen molar-refractivity contribution in [3.05, 3.63) is 42.2 Å². The first kappa shape index (κ1) is 13.4. The number of imidazole rings is 1. The summed E-state index contributed by atoms with van der Waals surface area (Å²) in [5, 5.41) is 3.06. The molecule has 0 aliphatic carbocycles. The van der Waals surface area contributed by atoms with Gasteiger partial charge in [-0.1, -0.05) is 13.8 Å². The van der Waals surface area contributed by atoms with Gasteiger partial charge in [0.25, 0.3) is 5.91 Å². The van der Waals surface area contributed by atoms with Crippen LogP contribution in [0.4, 0.5) is 0 Å². The number of aryl methyl sites for hydroxylation is 2. The third kappa shape index (κ3) is 2.70. The Bertz CT molecular complexity index is 568. The maximum absolute atomic E-state index is 12.3. The van der Waals surface area contributed by atoms with Crippen LogP contribution in [0.1, 0.15) is 36.2 Å². The molecule has 0 spiro atoms. The molecule has 0 aliphatic heterocycles. The number of amides is 1. The van der Waals surface area contributed by atoms with Crippen molar-refractivity contribution in [3.8, 4) is 0 Å². The Morgan fingerprint density at radius 1 is 1.26 bits per heavy atom. The Morgan fingerprint density at radius 3 is 2.47 bits per heavy atom. The average molecular weight is 260 g/mol. The molecule has 2 rings (SSSR count). The lowest BCUT2D eigenvalue weighted by Gasteiger charge is -2.22. The zero-order chi connectivity index (χ0) is 14.0. The van der Waals surface area contributed by atoms with Crippen LogP contribution in [0.25, 0.3) is 0 Å². The Balaban J connectivity index is 2.21. The Hall–Kier alpha value is -2.04. The summed E-state index contributed by atoms with van der Waals surface area (Å²) in [7, 11) is 3.80. The van der Waals surface area contributed by atoms with Gasteiger partial charge in [0.15, 0.2) is 0 Å². The number of nitrogens with one attached hydrogen (secondary N) is 1. The summed E-state index contributed by atoms with van der Waals surface area (Å²) in [5.41, 5.74) is 0.653. The molecule has 0 radical (unpaired) electrons. The van der Waals surface area contributed by atoms with Gasteiger partial charge in [-0.3, -0.25) is 4.79 Å². The van der Waals surface area contributed by atoms with E-state index in [9.17, 15) is 4.79 Å². The van der Waals surface area contributed by atoms with Crippen molar-refractivity contribution < 1.29 is 4.79 Å². The zero-order valence-corrected chi connectivity index (χ0v) is 11.8. The number of hydrogen-bond donors (Lipinski definition) is 1. The van der Waals surface area contributed by atoms with Gasteiger partial charge in [0, 0.05) is 32.7 Å². The largest absolute Gasteiger partial charge is 0.347 e. The summed E-state index contributed by atoms with van der Waals surface area (Å²) < 4.78 is 3.75. The zero-order valence-electron chi connectivity index (χ0n) is 11.8. The van der Waals surface area contributed by atoms with Gasteiger partial charge < -0.3 is 14.5 Å². The topological polar surface area (TPSA) is 51.9 Å². The molecule has 5 heteroatoms. The second-order valence-electron chi connectivity index (χ2n) is 5.10. The average Bonchev–Trinajstić information content (AvgIpc) is 2.94. The first-order chi connectivity index (χ1) is 9.00. The molecule has 2 aromatic rings. The van der Waals surface area contributed by atoms with E-state index in [0.717, 1.165) is 5.82 Å². The summed E-state index contributed by atoms with van der Waals surface area (Å²) >= 11 is 0. The van der Waals surface area contributed by atoms with E-state index < -0.39 is 0 Å². The monoisotopic (exact) mass is 260 g/mol. The maximum atomic E-state index is 12.3. The van der Waals surface area contributed by atoms with Gasteiger partial charge >= 0.3 is 0 Å². The number of nitrogens with zero attached hydrogens (tertiary/aromatic N) is 3. The van der Waals surface area contributed by atoms with Crippen LogP contribution < -0.4 is 5.32 Å². The molecule has 1 atom stereocenters. The van der Waals surface area contributed by atoms with E-state index in [-0.39, 0.29) is 17.9 Å². The van der Waals surface area contributed by atoms with E-state index in [0.29, 0.717) is 5.69 Å². The van der Waals surface area contributed by atoms with Crippen LogP contribution in [-0.2, 0) is 14.1 Å². The van der Waals surface area contributed by atoms with E-state index in [1.165, 1.54) is 0 Å². The molecule has 0 bridgehead atoms. The summed E-state index contributed by atoms with van der Waals surface area (Å²) in [6.07, 6.45) is 5.50. The minimum absolute atomic E-state index is 0.0748. The van der Waals surface area contributed by atoms with E-state index in [4.69, 9.17) is 0 Å². The lowest BCUT2D eigenvalue weighted by Crippen LogP contribution is -2.34. The first-order valence-electron chi connectivity index (χ1n) is 6.40. The van der Waals surface area contributed by atoms with Gasteiger partial charge in [0.2, 0.25) is 0 Å². The van der Waals surface area contributed by atoms with Gasteiger partial charge in [-0.05, 0) is 18.1 Å². The molecule has 1 N–H and O–H groups in total. The standard InChI is InChI=1S/C14H20N4O/c1-10(2)12(13-15-7-9-18(13)4)16-14(19)11-6-5-8-17(11)3/h5-10,12H,1-4H3,(H,16,19). The highest BCUT2D eigenvalue weighted by Crippen LogP contribution is 2.20. The number of aromatic nitrogens is 3. The number of carbonyl (C=O) groups excluding carboxylic acids is 1. The third-order valence-electron chi connectivity index (χ3n) is 3.27. The SMILES string of the molecule is CC(C)C(NC(=O)c1cccn1C)c1nccn1C. The summed E-state index contributed by atoms with van der Waals surface area (Å²) in [6.45, 7) is 4.15. The molecule has 1 amide bonds. The molecule has 0 aromatic carbocycles. The molecule has 0 aliphatic rings. The van der Waals surface area contributed by atoms with Crippen molar-refractivity contribution in [3.63, 3.8) is 0 Å². The van der Waals surface area contributed by atoms with E-state index in [2.05, 4.69) is 24.1 Å². The Kier molecular flexibility index (Phi) is 3.74. The van der Waals surface area contributed by atoms with Crippen LogP contribution in [0.5, 0.6) is 0 Å². The molecular formula is C14H20N4O. The van der Waals surface area contributed by atoms with E-state index in [1.807, 2.05) is 47.8 Å². The fourth-order valence-corrected chi connectivity index (χ4v) is 2.12. The molecule has 2 aromatic heterocycles. The summed E-state index contributed by atoms with van der Waals surface area (Å²) in [5.74, 6) is 1.07. The van der Waals surface area contributed by atoms with Crippen LogP contribution in [0, 0.1) is 5.92 Å². The van der Waals surface area contributed by atoms with Crippen molar-refractivity contribution in [2.24, 2.45) is 20.0 Å². The fraction of sp³-hybridized carbons (Fsp3) is 0.429. The van der Waals surface area contributed by atoms with Crippen LogP contribution in [0.2, 0.25) is 0 Å². The molecule has 102 valence electrons. The Morgan fingerprint density at radius 2 is 2.00 bits per heavy atom. The van der Waals surface area contributed by atoms with Crippen molar-refractivity contribution in [1.82, 2.24) is 19.4 Å². The Labute approximate surface area is 113 Å². The minimum Gasteiger partial charge on any atom is -0.347 e. The van der Waals surface area contributed by atoms with Crippen molar-refractivity contribution >= 4 is 5.91 Å². The lowest BCUT2D eigenvalue weighted by molar-refractivity contribution is 0.0914. The van der Waals surface area contributed by atoms with Gasteiger partial charge in [0.1, 0.15) is 11.5 Å². The first-order valence-corrected chi connectivity index (χ1v) is 6.40. The predicted octanol–water partition coefficient (Wildman–Crippen LogP) is 1.89. The highest BCUT2D eigenvalue weighted by Gasteiger charge is 2.23. The number of hydrogen-bond acceptors (Lipinski definition) is 2. The van der Waals surface area contributed by atoms with Crippen LogP contribution in [0.3, 0.4) is 0 Å². The number of carbonyl (C=O) groups is 1. The summed E-state index contributed by atoms with van der Waals surface area (Å²) in [6, 6.07) is 3.58. The summed E-state index contributed by atoms with van der Waals surface area (Å²) in [4.78, 5) is 16.6. The molecule has 2 heterocycles. The fourth-order valence-electron chi connectivity index (χ4n) is 2.12. The molecule has 0 saturated heterocycles. The normalized spacial score (nSPS) is 12.7. The highest BCUT2D eigenvalue weighted by atomic mass is 16.2. The molecule has 0 fully saturated rings. The number of rotatable bonds is 4. The van der Waals surface area contributed by atoms with E-state index in [1.54, 1.807) is 6.20 Å². The van der Waals surface area contributed by atoms with Crippen LogP contribution in [0.15, 0.2) is 30.7 Å². The van der Waals surface area contributed by atoms with Gasteiger partial charge in [0.05, 0.1) is 6.04 Å². The van der Waals surface area contributed by atoms with Crippen molar-refractivity contribution in [2.75, 3.05) is 0 Å². The molecule has 19 heavy (non-hydrogen) atoms. The van der Waals surface area contributed by atoms with Crippen molar-refractivity contribution in [1.29, 1.82) is 0 Å². The molecule has 0 saturated carbocycles. The predicted molar refractivity (Wildman–Crippen MR) is 73.7 cm³/mol. The third-order valence-corrected chi connectivity index (χ3v) is 3.27. The van der Waals surface area contributed by atoms with Crippen molar-refractivity contribution in [2.45, 2.75) is 19.9 Å². The second kappa shape index (κ2) is 5.30. The molecular weight excluding hydrogens is 240 g/mol. The maximum Gasteiger partial charge on any atom is 0.268 e. The minimum atomic E-state index is -0.0950. The smallest absolute Gasteiger partial charge is 0.268 e. The van der Waals surface area contributed by atoms with Crippen LogP contribution >= 0.6 is 0 Å². The quantitative estimate of drug-likeness (QED) is 0.912. The molecule has 5 nitrogen and oxygen atoms in total. The van der Waals surface area contributed by atoms with Gasteiger partial charge in [-0.15, -0.1) is 0 Å². The van der Waals surface area contributed by atoms with E-state index >= 15 is 0 Å². The highest BCUT2D eigenvalue weighted by molar-refractivity contribution is 5.92. The lowest BCUT2D eigenvalue weighted by atomic mass is 10.0. The van der Waals surface area contributed by atoms with Gasteiger partial charge in [-0.2, -0.15) is 0 Å².